The van der Waals surface area contributed by atoms with Gasteiger partial charge in [0.15, 0.2) is 0 Å². The molecule has 0 aromatic heterocycles. The van der Waals surface area contributed by atoms with E-state index in [1.54, 1.807) is 0 Å². The van der Waals surface area contributed by atoms with E-state index in [9.17, 15) is 4.21 Å². The molecule has 2 rings (SSSR count). The zero-order valence-corrected chi connectivity index (χ0v) is 13.9. The van der Waals surface area contributed by atoms with Gasteiger partial charge < -0.3 is 0 Å². The van der Waals surface area contributed by atoms with E-state index in [-0.39, 0.29) is 0 Å². The molecule has 1 aromatic carbocycles. The molecule has 0 amide bonds. The third-order valence-electron chi connectivity index (χ3n) is 2.77. The summed E-state index contributed by atoms with van der Waals surface area (Å²) in [7, 11) is -0.945. The highest BCUT2D eigenvalue weighted by molar-refractivity contribution is 7.82. The average molecular weight is 283 g/mol. The van der Waals surface area contributed by atoms with Crippen LogP contribution in [0.4, 0.5) is 0 Å². The molecule has 110 valence electrons. The SMILES string of the molecule is CC.CC.Cc1ccc(S(=O)N2CCCCC2)cc1. The number of rotatable bonds is 2. The fourth-order valence-electron chi connectivity index (χ4n) is 1.83. The molecule has 0 saturated carbocycles. The third kappa shape index (κ3) is 6.35. The maximum absolute atomic E-state index is 12.1. The Morgan fingerprint density at radius 3 is 1.84 bits per heavy atom. The van der Waals surface area contributed by atoms with Crippen LogP contribution in [0.1, 0.15) is 52.5 Å². The van der Waals surface area contributed by atoms with Crippen molar-refractivity contribution >= 4 is 11.0 Å². The lowest BCUT2D eigenvalue weighted by Crippen LogP contribution is -2.31. The molecule has 0 radical (unpaired) electrons. The van der Waals surface area contributed by atoms with Crippen molar-refractivity contribution in [3.8, 4) is 0 Å². The maximum Gasteiger partial charge on any atom is 0.127 e. The van der Waals surface area contributed by atoms with E-state index in [4.69, 9.17) is 0 Å². The first-order valence-electron chi connectivity index (χ1n) is 7.51. The number of aryl methyl sites for hydroxylation is 1. The largest absolute Gasteiger partial charge is 0.237 e. The molecule has 0 bridgehead atoms. The molecule has 1 heterocycles. The van der Waals surface area contributed by atoms with E-state index >= 15 is 0 Å². The van der Waals surface area contributed by atoms with Crippen LogP contribution in [0, 0.1) is 6.92 Å². The second-order valence-electron chi connectivity index (χ2n) is 4.05. The van der Waals surface area contributed by atoms with Gasteiger partial charge in [-0.05, 0) is 31.9 Å². The second-order valence-corrected chi connectivity index (χ2v) is 5.54. The molecule has 3 heteroatoms. The van der Waals surface area contributed by atoms with Crippen LogP contribution in [0.3, 0.4) is 0 Å². The van der Waals surface area contributed by atoms with Crippen LogP contribution in [-0.4, -0.2) is 21.6 Å². The molecule has 1 fully saturated rings. The Labute approximate surface area is 121 Å². The molecule has 0 aliphatic carbocycles. The van der Waals surface area contributed by atoms with Crippen LogP contribution in [0.25, 0.3) is 0 Å². The van der Waals surface area contributed by atoms with Crippen LogP contribution in [0.15, 0.2) is 29.2 Å². The van der Waals surface area contributed by atoms with Gasteiger partial charge in [-0.25, -0.2) is 8.51 Å². The van der Waals surface area contributed by atoms with Gasteiger partial charge in [0.1, 0.15) is 11.0 Å². The minimum Gasteiger partial charge on any atom is -0.237 e. The molecule has 1 saturated heterocycles. The molecule has 1 aliphatic rings. The van der Waals surface area contributed by atoms with Gasteiger partial charge in [0.05, 0.1) is 4.90 Å². The number of hydrogen-bond donors (Lipinski definition) is 0. The van der Waals surface area contributed by atoms with Gasteiger partial charge in [-0.3, -0.25) is 0 Å². The zero-order valence-electron chi connectivity index (χ0n) is 13.1. The molecule has 0 spiro atoms. The Balaban J connectivity index is 0.000000741. The van der Waals surface area contributed by atoms with Crippen molar-refractivity contribution in [1.29, 1.82) is 0 Å². The summed E-state index contributed by atoms with van der Waals surface area (Å²) in [5.41, 5.74) is 1.22. The minimum absolute atomic E-state index is 0.933. The summed E-state index contributed by atoms with van der Waals surface area (Å²) in [5, 5.41) is 0. The predicted molar refractivity (Wildman–Crippen MR) is 85.7 cm³/mol. The highest BCUT2D eigenvalue weighted by Gasteiger charge is 2.17. The highest BCUT2D eigenvalue weighted by atomic mass is 32.2. The van der Waals surface area contributed by atoms with Crippen molar-refractivity contribution in [1.82, 2.24) is 4.31 Å². The van der Waals surface area contributed by atoms with E-state index in [0.29, 0.717) is 0 Å². The van der Waals surface area contributed by atoms with Crippen molar-refractivity contribution < 1.29 is 4.21 Å². The van der Waals surface area contributed by atoms with Gasteiger partial charge in [0.2, 0.25) is 0 Å². The molecule has 19 heavy (non-hydrogen) atoms. The Morgan fingerprint density at radius 2 is 1.37 bits per heavy atom. The number of benzene rings is 1. The van der Waals surface area contributed by atoms with E-state index in [0.717, 1.165) is 18.0 Å². The summed E-state index contributed by atoms with van der Waals surface area (Å²) < 4.78 is 14.2. The summed E-state index contributed by atoms with van der Waals surface area (Å²) in [6, 6.07) is 7.99. The number of nitrogens with zero attached hydrogens (tertiary/aromatic N) is 1. The fourth-order valence-corrected chi connectivity index (χ4v) is 3.09. The lowest BCUT2D eigenvalue weighted by Gasteiger charge is -2.24. The minimum atomic E-state index is -0.945. The summed E-state index contributed by atoms with van der Waals surface area (Å²) in [6.07, 6.45) is 3.64. The molecule has 1 aromatic rings. The molecule has 1 unspecified atom stereocenters. The molecule has 0 N–H and O–H groups in total. The van der Waals surface area contributed by atoms with Gasteiger partial charge >= 0.3 is 0 Å². The van der Waals surface area contributed by atoms with Crippen molar-refractivity contribution in [2.75, 3.05) is 13.1 Å². The first kappa shape index (κ1) is 18.3. The van der Waals surface area contributed by atoms with E-state index < -0.39 is 11.0 Å². The van der Waals surface area contributed by atoms with Crippen molar-refractivity contribution in [2.45, 2.75) is 58.8 Å². The van der Waals surface area contributed by atoms with Gasteiger partial charge in [0.25, 0.3) is 0 Å². The van der Waals surface area contributed by atoms with Crippen molar-refractivity contribution in [3.63, 3.8) is 0 Å². The fraction of sp³-hybridized carbons (Fsp3) is 0.625. The summed E-state index contributed by atoms with van der Waals surface area (Å²) in [5.74, 6) is 0. The Kier molecular flexibility index (Phi) is 10.8. The summed E-state index contributed by atoms with van der Waals surface area (Å²) in [4.78, 5) is 0.933. The summed E-state index contributed by atoms with van der Waals surface area (Å²) >= 11 is 0. The average Bonchev–Trinajstić information content (AvgIpc) is 2.52. The monoisotopic (exact) mass is 283 g/mol. The first-order chi connectivity index (χ1) is 9.27. The van der Waals surface area contributed by atoms with E-state index in [1.807, 2.05) is 58.9 Å². The van der Waals surface area contributed by atoms with Gasteiger partial charge in [-0.15, -0.1) is 0 Å². The van der Waals surface area contributed by atoms with Crippen LogP contribution < -0.4 is 0 Å². The number of hydrogen-bond acceptors (Lipinski definition) is 1. The smallest absolute Gasteiger partial charge is 0.127 e. The topological polar surface area (TPSA) is 20.3 Å². The van der Waals surface area contributed by atoms with Crippen LogP contribution in [-0.2, 0) is 11.0 Å². The molecule has 1 atom stereocenters. The highest BCUT2D eigenvalue weighted by Crippen LogP contribution is 2.17. The Morgan fingerprint density at radius 1 is 0.895 bits per heavy atom. The van der Waals surface area contributed by atoms with Gasteiger partial charge in [-0.1, -0.05) is 51.8 Å². The zero-order chi connectivity index (χ0) is 14.7. The maximum atomic E-state index is 12.1. The molecule has 1 aliphatic heterocycles. The normalized spacial score (nSPS) is 16.5. The molecule has 2 nitrogen and oxygen atoms in total. The second kappa shape index (κ2) is 11.2. The predicted octanol–water partition coefficient (Wildman–Crippen LogP) is 4.56. The number of piperidine rings is 1. The lowest BCUT2D eigenvalue weighted by atomic mass is 10.2. The van der Waals surface area contributed by atoms with Crippen molar-refractivity contribution in [3.05, 3.63) is 29.8 Å². The molecular formula is C16H29NOS. The Hall–Kier alpha value is -0.670. The van der Waals surface area contributed by atoms with E-state index in [1.165, 1.54) is 24.8 Å². The van der Waals surface area contributed by atoms with Gasteiger partial charge in [0, 0.05) is 13.1 Å². The van der Waals surface area contributed by atoms with Crippen LogP contribution >= 0.6 is 0 Å². The first-order valence-corrected chi connectivity index (χ1v) is 8.61. The van der Waals surface area contributed by atoms with Crippen LogP contribution in [0.2, 0.25) is 0 Å². The van der Waals surface area contributed by atoms with Crippen molar-refractivity contribution in [2.24, 2.45) is 0 Å². The van der Waals surface area contributed by atoms with Gasteiger partial charge in [-0.2, -0.15) is 0 Å². The third-order valence-corrected chi connectivity index (χ3v) is 4.28. The van der Waals surface area contributed by atoms with Crippen LogP contribution in [0.5, 0.6) is 0 Å². The quantitative estimate of drug-likeness (QED) is 0.779. The standard InChI is InChI=1S/C12H17NOS.2C2H6/c1-11-5-7-12(8-6-11)15(14)13-9-3-2-4-10-13;2*1-2/h5-8H,2-4,9-10H2,1H3;2*1-2H3. The molecular weight excluding hydrogens is 254 g/mol. The summed E-state index contributed by atoms with van der Waals surface area (Å²) in [6.45, 7) is 12.0. The Bertz CT molecular complexity index is 342. The lowest BCUT2D eigenvalue weighted by molar-refractivity contribution is 0.365. The van der Waals surface area contributed by atoms with E-state index in [2.05, 4.69) is 4.31 Å².